The Morgan fingerprint density at radius 1 is 1.27 bits per heavy atom. The minimum Gasteiger partial charge on any atom is -0.376 e. The number of nitrogens with one attached hydrogen (secondary N) is 1. The molecule has 4 nitrogen and oxygen atoms in total. The Balaban J connectivity index is 1.77. The van der Waals surface area contributed by atoms with Crippen LogP contribution < -0.4 is 5.32 Å². The molecule has 0 aromatic heterocycles. The summed E-state index contributed by atoms with van der Waals surface area (Å²) in [5.41, 5.74) is 0. The fourth-order valence-electron chi connectivity index (χ4n) is 2.19. The molecule has 2 saturated heterocycles. The number of carbonyl (C=O) groups is 1. The highest BCUT2D eigenvalue weighted by Crippen LogP contribution is 2.17. The Kier molecular flexibility index (Phi) is 3.59. The van der Waals surface area contributed by atoms with Gasteiger partial charge in [-0.1, -0.05) is 0 Å². The van der Waals surface area contributed by atoms with Crippen molar-refractivity contribution in [3.05, 3.63) is 0 Å². The van der Waals surface area contributed by atoms with Crippen molar-refractivity contribution in [2.75, 3.05) is 13.2 Å². The first kappa shape index (κ1) is 10.9. The second kappa shape index (κ2) is 4.94. The van der Waals surface area contributed by atoms with Crippen LogP contribution in [-0.2, 0) is 14.3 Å². The van der Waals surface area contributed by atoms with Gasteiger partial charge in [0.2, 0.25) is 5.91 Å². The first-order chi connectivity index (χ1) is 7.27. The van der Waals surface area contributed by atoms with E-state index in [1.54, 1.807) is 0 Å². The highest BCUT2D eigenvalue weighted by atomic mass is 16.5. The summed E-state index contributed by atoms with van der Waals surface area (Å²) in [6, 6.07) is 0.101. The van der Waals surface area contributed by atoms with Crippen molar-refractivity contribution in [3.63, 3.8) is 0 Å². The molecule has 0 saturated carbocycles. The third-order valence-corrected chi connectivity index (χ3v) is 3.11. The second-order valence-electron chi connectivity index (χ2n) is 4.35. The third kappa shape index (κ3) is 2.69. The van der Waals surface area contributed by atoms with Crippen molar-refractivity contribution < 1.29 is 14.3 Å². The van der Waals surface area contributed by atoms with Gasteiger partial charge in [0.25, 0.3) is 0 Å². The monoisotopic (exact) mass is 213 g/mol. The fourth-order valence-corrected chi connectivity index (χ4v) is 2.19. The van der Waals surface area contributed by atoms with Crippen LogP contribution in [-0.4, -0.2) is 37.4 Å². The van der Waals surface area contributed by atoms with Gasteiger partial charge in [-0.2, -0.15) is 0 Å². The van der Waals surface area contributed by atoms with Crippen LogP contribution in [0, 0.1) is 0 Å². The van der Waals surface area contributed by atoms with Gasteiger partial charge in [-0.15, -0.1) is 0 Å². The van der Waals surface area contributed by atoms with Crippen LogP contribution in [0.15, 0.2) is 0 Å². The van der Waals surface area contributed by atoms with Gasteiger partial charge in [-0.25, -0.2) is 0 Å². The van der Waals surface area contributed by atoms with Gasteiger partial charge in [0, 0.05) is 13.2 Å². The largest absolute Gasteiger partial charge is 0.376 e. The van der Waals surface area contributed by atoms with Crippen LogP contribution >= 0.6 is 0 Å². The van der Waals surface area contributed by atoms with E-state index in [1.165, 1.54) is 0 Å². The molecule has 2 aliphatic rings. The number of hydrogen-bond donors (Lipinski definition) is 1. The molecule has 2 aliphatic heterocycles. The molecule has 0 aromatic carbocycles. The highest BCUT2D eigenvalue weighted by Gasteiger charge is 2.28. The molecular weight excluding hydrogens is 194 g/mol. The van der Waals surface area contributed by atoms with E-state index >= 15 is 0 Å². The van der Waals surface area contributed by atoms with Crippen LogP contribution in [0.2, 0.25) is 0 Å². The average Bonchev–Trinajstić information content (AvgIpc) is 2.91. The summed E-state index contributed by atoms with van der Waals surface area (Å²) in [4.78, 5) is 11.7. The third-order valence-electron chi connectivity index (χ3n) is 3.11. The van der Waals surface area contributed by atoms with E-state index < -0.39 is 0 Å². The molecule has 3 atom stereocenters. The minimum absolute atomic E-state index is 0.0236. The van der Waals surface area contributed by atoms with Gasteiger partial charge in [0.1, 0.15) is 6.10 Å². The van der Waals surface area contributed by atoms with Crippen LogP contribution in [0.4, 0.5) is 0 Å². The second-order valence-corrected chi connectivity index (χ2v) is 4.35. The van der Waals surface area contributed by atoms with Gasteiger partial charge >= 0.3 is 0 Å². The molecule has 0 radical (unpaired) electrons. The Bertz CT molecular complexity index is 220. The van der Waals surface area contributed by atoms with E-state index in [0.717, 1.165) is 32.3 Å². The maximum Gasteiger partial charge on any atom is 0.249 e. The van der Waals surface area contributed by atoms with E-state index in [1.807, 2.05) is 6.92 Å². The van der Waals surface area contributed by atoms with Gasteiger partial charge in [-0.3, -0.25) is 4.79 Å². The molecular formula is C11H19NO3. The standard InChI is InChI=1S/C11H19NO3/c1-8(9-4-2-6-14-9)12-11(13)10-5-3-7-15-10/h8-10H,2-7H2,1H3,(H,12,13)/t8-,9-,10+/m1/s1. The van der Waals surface area contributed by atoms with Crippen molar-refractivity contribution in [3.8, 4) is 0 Å². The molecule has 2 heterocycles. The van der Waals surface area contributed by atoms with Gasteiger partial charge in [0.05, 0.1) is 12.1 Å². The van der Waals surface area contributed by atoms with Gasteiger partial charge < -0.3 is 14.8 Å². The Morgan fingerprint density at radius 2 is 2.00 bits per heavy atom. The summed E-state index contributed by atoms with van der Waals surface area (Å²) >= 11 is 0. The molecule has 86 valence electrons. The SMILES string of the molecule is C[C@@H](NC(=O)[C@@H]1CCCO1)[C@H]1CCCO1. The Morgan fingerprint density at radius 3 is 2.60 bits per heavy atom. The predicted molar refractivity (Wildman–Crippen MR) is 55.6 cm³/mol. The van der Waals surface area contributed by atoms with Gasteiger partial charge in [0.15, 0.2) is 0 Å². The van der Waals surface area contributed by atoms with Crippen LogP contribution in [0.25, 0.3) is 0 Å². The number of hydrogen-bond acceptors (Lipinski definition) is 3. The van der Waals surface area contributed by atoms with Crippen LogP contribution in [0.5, 0.6) is 0 Å². The molecule has 4 heteroatoms. The van der Waals surface area contributed by atoms with E-state index in [2.05, 4.69) is 5.32 Å². The zero-order valence-corrected chi connectivity index (χ0v) is 9.20. The maximum absolute atomic E-state index is 11.7. The molecule has 0 bridgehead atoms. The summed E-state index contributed by atoms with van der Waals surface area (Å²) in [7, 11) is 0. The zero-order valence-electron chi connectivity index (χ0n) is 9.20. The summed E-state index contributed by atoms with van der Waals surface area (Å²) in [6.07, 6.45) is 3.96. The molecule has 1 N–H and O–H groups in total. The highest BCUT2D eigenvalue weighted by molar-refractivity contribution is 5.81. The molecule has 2 rings (SSSR count). The number of amides is 1. The quantitative estimate of drug-likeness (QED) is 0.756. The molecule has 0 spiro atoms. The first-order valence-corrected chi connectivity index (χ1v) is 5.81. The Hall–Kier alpha value is -0.610. The normalized spacial score (nSPS) is 32.9. The lowest BCUT2D eigenvalue weighted by molar-refractivity contribution is -0.131. The van der Waals surface area contributed by atoms with Crippen molar-refractivity contribution in [2.24, 2.45) is 0 Å². The van der Waals surface area contributed by atoms with E-state index in [-0.39, 0.29) is 24.2 Å². The molecule has 1 amide bonds. The predicted octanol–water partition coefficient (Wildman–Crippen LogP) is 0.849. The van der Waals surface area contributed by atoms with Crippen molar-refractivity contribution in [1.82, 2.24) is 5.32 Å². The van der Waals surface area contributed by atoms with Gasteiger partial charge in [-0.05, 0) is 32.6 Å². The van der Waals surface area contributed by atoms with Crippen LogP contribution in [0.3, 0.4) is 0 Å². The lowest BCUT2D eigenvalue weighted by atomic mass is 10.1. The maximum atomic E-state index is 11.7. The van der Waals surface area contributed by atoms with E-state index in [9.17, 15) is 4.79 Å². The minimum atomic E-state index is -0.228. The summed E-state index contributed by atoms with van der Waals surface area (Å²) in [5.74, 6) is 0.0236. The number of carbonyl (C=O) groups excluding carboxylic acids is 1. The Labute approximate surface area is 90.3 Å². The van der Waals surface area contributed by atoms with Crippen molar-refractivity contribution in [1.29, 1.82) is 0 Å². The summed E-state index contributed by atoms with van der Waals surface area (Å²) in [5, 5.41) is 2.97. The van der Waals surface area contributed by atoms with E-state index in [0.29, 0.717) is 6.61 Å². The van der Waals surface area contributed by atoms with E-state index in [4.69, 9.17) is 9.47 Å². The molecule has 0 aliphatic carbocycles. The molecule has 15 heavy (non-hydrogen) atoms. The average molecular weight is 213 g/mol. The first-order valence-electron chi connectivity index (χ1n) is 5.81. The molecule has 0 aromatic rings. The topological polar surface area (TPSA) is 47.6 Å². The summed E-state index contributed by atoms with van der Waals surface area (Å²) in [6.45, 7) is 3.54. The fraction of sp³-hybridized carbons (Fsp3) is 0.909. The smallest absolute Gasteiger partial charge is 0.249 e. The lowest BCUT2D eigenvalue weighted by Gasteiger charge is -2.21. The molecule has 2 fully saturated rings. The van der Waals surface area contributed by atoms with Crippen LogP contribution in [0.1, 0.15) is 32.6 Å². The van der Waals surface area contributed by atoms with Crippen molar-refractivity contribution >= 4 is 5.91 Å². The molecule has 0 unspecified atom stereocenters. The lowest BCUT2D eigenvalue weighted by Crippen LogP contribution is -2.45. The number of rotatable bonds is 3. The van der Waals surface area contributed by atoms with Crippen molar-refractivity contribution in [2.45, 2.75) is 50.9 Å². The zero-order chi connectivity index (χ0) is 10.7. The summed E-state index contributed by atoms with van der Waals surface area (Å²) < 4.78 is 10.8. The number of ether oxygens (including phenoxy) is 2.